The minimum Gasteiger partial charge on any atom is -0.352 e. The number of carbonyl (C=O) groups is 2. The zero-order chi connectivity index (χ0) is 16.0. The Morgan fingerprint density at radius 2 is 2.17 bits per heavy atom. The molecule has 0 aromatic carbocycles. The van der Waals surface area contributed by atoms with Gasteiger partial charge in [0.2, 0.25) is 5.91 Å². The van der Waals surface area contributed by atoms with Crippen LogP contribution in [-0.4, -0.2) is 66.8 Å². The van der Waals surface area contributed by atoms with Crippen molar-refractivity contribution in [1.29, 1.82) is 0 Å². The van der Waals surface area contributed by atoms with Crippen molar-refractivity contribution in [2.24, 2.45) is 5.41 Å². The minimum absolute atomic E-state index is 0.00206. The molecule has 4 rings (SSSR count). The molecule has 1 saturated carbocycles. The lowest BCUT2D eigenvalue weighted by molar-refractivity contribution is -0.129. The maximum absolute atomic E-state index is 12.6. The Hall–Kier alpha value is -1.03. The number of hydrogen-bond acceptors (Lipinski definition) is 6. The number of nitrogens with one attached hydrogen (secondary N) is 2. The molecule has 128 valence electrons. The number of hydrogen-bond donors (Lipinski definition) is 2. The Labute approximate surface area is 139 Å². The van der Waals surface area contributed by atoms with Gasteiger partial charge in [0.05, 0.1) is 13.2 Å². The van der Waals surface area contributed by atoms with Crippen molar-refractivity contribution in [2.45, 2.75) is 43.8 Å². The first-order valence-corrected chi connectivity index (χ1v) is 8.77. The summed E-state index contributed by atoms with van der Waals surface area (Å²) in [5.41, 5.74) is 0.432. The molecule has 3 amide bonds. The molecular formula is C14H22N4O4S. The third-order valence-electron chi connectivity index (χ3n) is 5.51. The molecule has 0 aromatic rings. The number of nitrogens with zero attached hydrogens (tertiary/aromatic N) is 2. The van der Waals surface area contributed by atoms with E-state index in [1.807, 2.05) is 0 Å². The van der Waals surface area contributed by atoms with Crippen molar-refractivity contribution in [3.05, 3.63) is 0 Å². The fourth-order valence-corrected chi connectivity index (χ4v) is 4.53. The topological polar surface area (TPSA) is 83.1 Å². The summed E-state index contributed by atoms with van der Waals surface area (Å²) in [4.78, 5) is 26.6. The van der Waals surface area contributed by atoms with Gasteiger partial charge < -0.3 is 15.5 Å². The van der Waals surface area contributed by atoms with E-state index in [-0.39, 0.29) is 30.1 Å². The van der Waals surface area contributed by atoms with Crippen LogP contribution in [0.5, 0.6) is 0 Å². The average molecular weight is 342 g/mol. The van der Waals surface area contributed by atoms with Crippen LogP contribution in [0.1, 0.15) is 25.7 Å². The summed E-state index contributed by atoms with van der Waals surface area (Å²) >= 11 is 0.772. The number of amides is 3. The van der Waals surface area contributed by atoms with Crippen LogP contribution in [0.2, 0.25) is 0 Å². The molecule has 3 aliphatic heterocycles. The van der Waals surface area contributed by atoms with Crippen LogP contribution in [0.3, 0.4) is 0 Å². The first-order valence-electron chi connectivity index (χ1n) is 8.10. The fourth-order valence-electron chi connectivity index (χ4n) is 4.22. The van der Waals surface area contributed by atoms with E-state index in [2.05, 4.69) is 10.6 Å². The van der Waals surface area contributed by atoms with Gasteiger partial charge in [0.25, 0.3) is 0 Å². The van der Waals surface area contributed by atoms with Gasteiger partial charge in [-0.1, -0.05) is 0 Å². The highest BCUT2D eigenvalue weighted by atomic mass is 32.2. The summed E-state index contributed by atoms with van der Waals surface area (Å²) < 4.78 is 10.1. The third-order valence-corrected chi connectivity index (χ3v) is 5.87. The van der Waals surface area contributed by atoms with Gasteiger partial charge in [-0.15, -0.1) is 0 Å². The zero-order valence-electron chi connectivity index (χ0n) is 13.1. The molecule has 8 nitrogen and oxygen atoms in total. The first-order chi connectivity index (χ1) is 11.1. The fraction of sp³-hybridized carbons (Fsp3) is 0.857. The lowest BCUT2D eigenvalue weighted by atomic mass is 9.61. The Kier molecular flexibility index (Phi) is 3.91. The van der Waals surface area contributed by atoms with Gasteiger partial charge in [-0.25, -0.2) is 4.79 Å². The molecule has 3 heterocycles. The van der Waals surface area contributed by atoms with Crippen molar-refractivity contribution in [2.75, 3.05) is 26.7 Å². The van der Waals surface area contributed by atoms with Crippen molar-refractivity contribution in [1.82, 2.24) is 20.6 Å². The maximum Gasteiger partial charge on any atom is 0.346 e. The van der Waals surface area contributed by atoms with E-state index in [9.17, 15) is 9.59 Å². The van der Waals surface area contributed by atoms with Crippen LogP contribution in [0.15, 0.2) is 0 Å². The quantitative estimate of drug-likeness (QED) is 0.698. The van der Waals surface area contributed by atoms with Gasteiger partial charge in [0.1, 0.15) is 6.04 Å². The average Bonchev–Trinajstić information content (AvgIpc) is 2.70. The van der Waals surface area contributed by atoms with Crippen molar-refractivity contribution in [3.8, 4) is 0 Å². The van der Waals surface area contributed by atoms with Crippen LogP contribution < -0.4 is 10.6 Å². The van der Waals surface area contributed by atoms with E-state index in [0.29, 0.717) is 18.4 Å². The SMILES string of the molecule is COSON1C(=O)N2C[C@H]1CC[C@H]2C(=O)NC1CC2(CNC2)C1. The predicted octanol–water partition coefficient (Wildman–Crippen LogP) is 0.264. The normalized spacial score (nSPS) is 32.0. The second-order valence-electron chi connectivity index (χ2n) is 7.03. The molecule has 23 heavy (non-hydrogen) atoms. The number of carbonyl (C=O) groups excluding carboxylic acids is 2. The van der Waals surface area contributed by atoms with E-state index in [0.717, 1.165) is 44.7 Å². The van der Waals surface area contributed by atoms with Gasteiger partial charge in [0, 0.05) is 25.7 Å². The van der Waals surface area contributed by atoms with Gasteiger partial charge >= 0.3 is 6.03 Å². The van der Waals surface area contributed by atoms with E-state index in [1.54, 1.807) is 4.90 Å². The smallest absolute Gasteiger partial charge is 0.346 e. The highest BCUT2D eigenvalue weighted by molar-refractivity contribution is 7.89. The van der Waals surface area contributed by atoms with Crippen LogP contribution in [0, 0.1) is 5.41 Å². The Balaban J connectivity index is 1.33. The second-order valence-corrected chi connectivity index (χ2v) is 7.65. The summed E-state index contributed by atoms with van der Waals surface area (Å²) in [7, 11) is 1.48. The number of piperidine rings is 1. The van der Waals surface area contributed by atoms with Crippen LogP contribution in [-0.2, 0) is 13.3 Å². The van der Waals surface area contributed by atoms with Crippen LogP contribution in [0.25, 0.3) is 0 Å². The van der Waals surface area contributed by atoms with Gasteiger partial charge in [-0.2, -0.15) is 9.35 Å². The molecule has 1 spiro atoms. The van der Waals surface area contributed by atoms with Crippen molar-refractivity contribution >= 4 is 24.3 Å². The molecule has 3 saturated heterocycles. The maximum atomic E-state index is 12.6. The van der Waals surface area contributed by atoms with E-state index < -0.39 is 0 Å². The number of rotatable bonds is 5. The summed E-state index contributed by atoms with van der Waals surface area (Å²) in [6, 6.07) is -0.361. The number of hydroxylamine groups is 2. The molecule has 4 fully saturated rings. The molecule has 0 radical (unpaired) electrons. The molecule has 0 unspecified atom stereocenters. The molecule has 2 N–H and O–H groups in total. The molecule has 9 heteroatoms. The lowest BCUT2D eigenvalue weighted by Gasteiger charge is -2.54. The molecular weight excluding hydrogens is 320 g/mol. The summed E-state index contributed by atoms with van der Waals surface area (Å²) in [5, 5.41) is 7.75. The molecule has 0 aromatic heterocycles. The second kappa shape index (κ2) is 5.80. The standard InChI is InChI=1S/C14H22N4O4S/c1-21-23-22-18-10-2-3-11(17(6-10)13(18)20)12(19)16-9-4-14(5-9)7-15-8-14/h9-11,15H,2-8H2,1H3,(H,16,19)/t10-,11+/m1/s1. The zero-order valence-corrected chi connectivity index (χ0v) is 13.9. The number of urea groups is 1. The molecule has 4 aliphatic rings. The summed E-state index contributed by atoms with van der Waals surface area (Å²) in [6.07, 6.45) is 3.55. The van der Waals surface area contributed by atoms with Gasteiger partial charge in [-0.05, 0) is 31.1 Å². The van der Waals surface area contributed by atoms with Crippen LogP contribution in [0.4, 0.5) is 4.79 Å². The number of fused-ring (bicyclic) bond motifs is 2. The third kappa shape index (κ3) is 2.59. The predicted molar refractivity (Wildman–Crippen MR) is 82.9 cm³/mol. The Morgan fingerprint density at radius 1 is 1.39 bits per heavy atom. The molecule has 1 aliphatic carbocycles. The Morgan fingerprint density at radius 3 is 2.83 bits per heavy atom. The summed E-state index contributed by atoms with van der Waals surface area (Å²) in [5.74, 6) is -0.0230. The first kappa shape index (κ1) is 15.5. The monoisotopic (exact) mass is 342 g/mol. The Bertz CT molecular complexity index is 507. The van der Waals surface area contributed by atoms with E-state index >= 15 is 0 Å². The lowest BCUT2D eigenvalue weighted by Crippen LogP contribution is -2.66. The van der Waals surface area contributed by atoms with Crippen molar-refractivity contribution < 1.29 is 18.1 Å². The highest BCUT2D eigenvalue weighted by Gasteiger charge is 2.51. The van der Waals surface area contributed by atoms with E-state index in [4.69, 9.17) is 8.47 Å². The molecule has 2 bridgehead atoms. The van der Waals surface area contributed by atoms with Crippen molar-refractivity contribution in [3.63, 3.8) is 0 Å². The minimum atomic E-state index is -0.379. The van der Waals surface area contributed by atoms with Crippen LogP contribution >= 0.6 is 12.3 Å². The van der Waals surface area contributed by atoms with E-state index in [1.165, 1.54) is 12.2 Å². The van der Waals surface area contributed by atoms with Gasteiger partial charge in [-0.3, -0.25) is 8.98 Å². The van der Waals surface area contributed by atoms with Gasteiger partial charge in [0.15, 0.2) is 12.3 Å². The highest BCUT2D eigenvalue weighted by Crippen LogP contribution is 2.44. The largest absolute Gasteiger partial charge is 0.352 e. The summed E-state index contributed by atoms with van der Waals surface area (Å²) in [6.45, 7) is 2.68. The molecule has 2 atom stereocenters.